The number of nitrogens with zero attached hydrogens (tertiary/aromatic N) is 1. The third kappa shape index (κ3) is 3.56. The molecule has 3 N–H and O–H groups in total. The van der Waals surface area contributed by atoms with E-state index in [9.17, 15) is 0 Å². The number of fused-ring (bicyclic) bond motifs is 5. The number of hydrogen-bond donors (Lipinski definition) is 2. The molecule has 0 spiro atoms. The Balaban J connectivity index is 1.44. The van der Waals surface area contributed by atoms with Crippen LogP contribution in [0.1, 0.15) is 28.8 Å². The standard InChI is InChI=1S/C31H27N3/c32-29(12-6-4-8-22-18-19-33-21-22)24-15-16-26-23(20-24)14-17-28-27-11-5-7-13-30(27)34(31(26)28)25-9-2-1-3-10-25/h1-6,9-12,14-21,33H,7-8,13,32H2/b6-4-,29-12-. The molecule has 1 aliphatic carbocycles. The number of benzene rings is 3. The molecule has 0 fully saturated rings. The Hall–Kier alpha value is -4.24. The molecular weight excluding hydrogens is 414 g/mol. The molecule has 0 unspecified atom stereocenters. The zero-order chi connectivity index (χ0) is 22.9. The van der Waals surface area contributed by atoms with Crippen LogP contribution in [0, 0.1) is 0 Å². The summed E-state index contributed by atoms with van der Waals surface area (Å²) in [5.41, 5.74) is 14.8. The maximum absolute atomic E-state index is 6.45. The van der Waals surface area contributed by atoms with Gasteiger partial charge in [-0.25, -0.2) is 0 Å². The van der Waals surface area contributed by atoms with Crippen LogP contribution in [0.25, 0.3) is 39.1 Å². The number of allylic oxidation sites excluding steroid dienone is 4. The summed E-state index contributed by atoms with van der Waals surface area (Å²) in [4.78, 5) is 3.09. The number of aromatic nitrogens is 2. The van der Waals surface area contributed by atoms with Crippen LogP contribution in [0.15, 0.2) is 103 Å². The van der Waals surface area contributed by atoms with Crippen molar-refractivity contribution in [2.24, 2.45) is 5.73 Å². The van der Waals surface area contributed by atoms with E-state index in [2.05, 4.69) is 94.5 Å². The fourth-order valence-electron chi connectivity index (χ4n) is 5.04. The summed E-state index contributed by atoms with van der Waals surface area (Å²) in [5, 5.41) is 3.77. The maximum Gasteiger partial charge on any atom is 0.0616 e. The van der Waals surface area contributed by atoms with Gasteiger partial charge in [0.15, 0.2) is 0 Å². The van der Waals surface area contributed by atoms with Crippen LogP contribution >= 0.6 is 0 Å². The molecule has 2 heterocycles. The van der Waals surface area contributed by atoms with E-state index >= 15 is 0 Å². The monoisotopic (exact) mass is 441 g/mol. The first-order valence-electron chi connectivity index (χ1n) is 11.9. The van der Waals surface area contributed by atoms with E-state index in [4.69, 9.17) is 5.73 Å². The number of rotatable bonds is 5. The number of nitrogens with one attached hydrogen (secondary N) is 1. The molecule has 2 aromatic heterocycles. The second-order valence-electron chi connectivity index (χ2n) is 8.84. The van der Waals surface area contributed by atoms with Gasteiger partial charge in [0, 0.05) is 45.8 Å². The van der Waals surface area contributed by atoms with Crippen LogP contribution in [-0.4, -0.2) is 9.55 Å². The lowest BCUT2D eigenvalue weighted by Crippen LogP contribution is -2.03. The fourth-order valence-corrected chi connectivity index (χ4v) is 5.04. The van der Waals surface area contributed by atoms with E-state index < -0.39 is 0 Å². The highest BCUT2D eigenvalue weighted by Crippen LogP contribution is 2.38. The first-order chi connectivity index (χ1) is 16.8. The van der Waals surface area contributed by atoms with Gasteiger partial charge >= 0.3 is 0 Å². The highest BCUT2D eigenvalue weighted by Gasteiger charge is 2.20. The molecule has 3 heteroatoms. The molecule has 3 nitrogen and oxygen atoms in total. The Labute approximate surface area is 199 Å². The van der Waals surface area contributed by atoms with Crippen molar-refractivity contribution in [3.05, 3.63) is 126 Å². The van der Waals surface area contributed by atoms with Crippen molar-refractivity contribution in [1.82, 2.24) is 9.55 Å². The van der Waals surface area contributed by atoms with Gasteiger partial charge in [0.2, 0.25) is 0 Å². The van der Waals surface area contributed by atoms with Crippen LogP contribution in [0.3, 0.4) is 0 Å². The van der Waals surface area contributed by atoms with Gasteiger partial charge in [-0.1, -0.05) is 66.8 Å². The highest BCUT2D eigenvalue weighted by atomic mass is 15.0. The van der Waals surface area contributed by atoms with Gasteiger partial charge in [0.05, 0.1) is 5.52 Å². The summed E-state index contributed by atoms with van der Waals surface area (Å²) in [7, 11) is 0. The molecular formula is C31H27N3. The SMILES string of the molecule is N/C(=C\C=C/Cc1cc[nH]c1)c1ccc2c(ccc3c4c(n(-c5ccccc5)c32)CCC=C4)c1. The topological polar surface area (TPSA) is 46.7 Å². The highest BCUT2D eigenvalue weighted by molar-refractivity contribution is 6.10. The van der Waals surface area contributed by atoms with Gasteiger partial charge in [0.25, 0.3) is 0 Å². The van der Waals surface area contributed by atoms with Crippen LogP contribution in [0.5, 0.6) is 0 Å². The molecule has 0 saturated carbocycles. The normalized spacial score (nSPS) is 13.8. The molecule has 0 aliphatic heterocycles. The number of H-pyrrole nitrogens is 1. The molecule has 0 radical (unpaired) electrons. The summed E-state index contributed by atoms with van der Waals surface area (Å²) in [6.45, 7) is 0. The molecule has 34 heavy (non-hydrogen) atoms. The van der Waals surface area contributed by atoms with Crippen molar-refractivity contribution in [2.45, 2.75) is 19.3 Å². The second-order valence-corrected chi connectivity index (χ2v) is 8.84. The Kier molecular flexibility index (Phi) is 5.15. The van der Waals surface area contributed by atoms with Gasteiger partial charge < -0.3 is 15.3 Å². The van der Waals surface area contributed by atoms with Gasteiger partial charge in [-0.3, -0.25) is 0 Å². The zero-order valence-corrected chi connectivity index (χ0v) is 19.0. The minimum absolute atomic E-state index is 0.771. The largest absolute Gasteiger partial charge is 0.398 e. The van der Waals surface area contributed by atoms with Crippen molar-refractivity contribution in [1.29, 1.82) is 0 Å². The molecule has 166 valence electrons. The van der Waals surface area contributed by atoms with E-state index in [1.165, 1.54) is 44.2 Å². The van der Waals surface area contributed by atoms with Gasteiger partial charge in [-0.15, -0.1) is 0 Å². The molecule has 0 saturated heterocycles. The van der Waals surface area contributed by atoms with Gasteiger partial charge in [-0.2, -0.15) is 0 Å². The van der Waals surface area contributed by atoms with Crippen molar-refractivity contribution in [2.75, 3.05) is 0 Å². The van der Waals surface area contributed by atoms with Crippen molar-refractivity contribution >= 4 is 33.4 Å². The molecule has 0 atom stereocenters. The first kappa shape index (κ1) is 20.4. The fraction of sp³-hybridized carbons (Fsp3) is 0.0968. The van der Waals surface area contributed by atoms with Crippen LogP contribution < -0.4 is 5.73 Å². The van der Waals surface area contributed by atoms with Crippen molar-refractivity contribution in [3.63, 3.8) is 0 Å². The molecule has 3 aromatic carbocycles. The Bertz CT molecular complexity index is 1560. The quantitative estimate of drug-likeness (QED) is 0.279. The van der Waals surface area contributed by atoms with Gasteiger partial charge in [0.1, 0.15) is 0 Å². The third-order valence-electron chi connectivity index (χ3n) is 6.69. The number of para-hydroxylation sites is 1. The summed E-state index contributed by atoms with van der Waals surface area (Å²) in [5.74, 6) is 0. The smallest absolute Gasteiger partial charge is 0.0616 e. The lowest BCUT2D eigenvalue weighted by Gasteiger charge is -2.14. The average Bonchev–Trinajstić information content (AvgIpc) is 3.53. The Morgan fingerprint density at radius 2 is 1.88 bits per heavy atom. The maximum atomic E-state index is 6.45. The third-order valence-corrected chi connectivity index (χ3v) is 6.69. The second kappa shape index (κ2) is 8.60. The molecule has 0 bridgehead atoms. The van der Waals surface area contributed by atoms with E-state index in [-0.39, 0.29) is 0 Å². The van der Waals surface area contributed by atoms with E-state index in [1.54, 1.807) is 0 Å². The minimum Gasteiger partial charge on any atom is -0.398 e. The lowest BCUT2D eigenvalue weighted by molar-refractivity contribution is 0.890. The minimum atomic E-state index is 0.771. The van der Waals surface area contributed by atoms with Gasteiger partial charge in [-0.05, 0) is 66.1 Å². The summed E-state index contributed by atoms with van der Waals surface area (Å²) < 4.78 is 2.46. The van der Waals surface area contributed by atoms with E-state index in [0.717, 1.165) is 30.5 Å². The molecule has 0 amide bonds. The van der Waals surface area contributed by atoms with Crippen LogP contribution in [-0.2, 0) is 12.8 Å². The van der Waals surface area contributed by atoms with Crippen LogP contribution in [0.2, 0.25) is 0 Å². The summed E-state index contributed by atoms with van der Waals surface area (Å²) in [6, 6.07) is 23.9. The molecule has 5 aromatic rings. The predicted octanol–water partition coefficient (Wildman–Crippen LogP) is 7.17. The number of aromatic amines is 1. The van der Waals surface area contributed by atoms with Crippen molar-refractivity contribution < 1.29 is 0 Å². The zero-order valence-electron chi connectivity index (χ0n) is 19.0. The first-order valence-corrected chi connectivity index (χ1v) is 11.9. The van der Waals surface area contributed by atoms with Crippen LogP contribution in [0.4, 0.5) is 0 Å². The summed E-state index contributed by atoms with van der Waals surface area (Å²) >= 11 is 0. The Morgan fingerprint density at radius 3 is 2.74 bits per heavy atom. The molecule has 1 aliphatic rings. The lowest BCUT2D eigenvalue weighted by atomic mass is 9.99. The number of nitrogens with two attached hydrogens (primary N) is 1. The van der Waals surface area contributed by atoms with E-state index in [1.807, 2.05) is 24.5 Å². The molecule has 6 rings (SSSR count). The number of hydrogen-bond acceptors (Lipinski definition) is 1. The van der Waals surface area contributed by atoms with Crippen molar-refractivity contribution in [3.8, 4) is 5.69 Å². The average molecular weight is 442 g/mol. The predicted molar refractivity (Wildman–Crippen MR) is 144 cm³/mol. The summed E-state index contributed by atoms with van der Waals surface area (Å²) in [6.07, 6.45) is 17.7. The van der Waals surface area contributed by atoms with E-state index in [0.29, 0.717) is 0 Å². The Morgan fingerprint density at radius 1 is 1.00 bits per heavy atom.